The Bertz CT molecular complexity index is 1160. The van der Waals surface area contributed by atoms with E-state index < -0.39 is 17.8 Å². The van der Waals surface area contributed by atoms with Gasteiger partial charge in [0, 0.05) is 22.9 Å². The molecular weight excluding hydrogens is 469 g/mol. The Morgan fingerprint density at radius 1 is 1.06 bits per heavy atom. The van der Waals surface area contributed by atoms with Crippen LogP contribution in [0.2, 0.25) is 0 Å². The zero-order valence-electron chi connectivity index (χ0n) is 19.7. The predicted molar refractivity (Wildman–Crippen MR) is 131 cm³/mol. The van der Waals surface area contributed by atoms with Crippen LogP contribution in [0.25, 0.3) is 0 Å². The second-order valence-electron chi connectivity index (χ2n) is 7.56. The number of aliphatic hydroxyl groups is 1. The number of hydrogen-bond donors (Lipinski definition) is 5. The number of carbonyl (C=O) groups excluding carboxylic acids is 1. The number of halogens is 1. The highest BCUT2D eigenvalue weighted by atomic mass is 19.1. The summed E-state index contributed by atoms with van der Waals surface area (Å²) in [7, 11) is 0. The molecule has 10 heteroatoms. The SMILES string of the molecule is CCOc1cc(C(Nc2ccc(C(=N)NO)cc2)C(=O)OCc2ccccc2)c(F)cc1OCCO. The molecule has 0 saturated heterocycles. The summed E-state index contributed by atoms with van der Waals surface area (Å²) in [6, 6.07) is 16.6. The van der Waals surface area contributed by atoms with Crippen molar-refractivity contribution in [2.45, 2.75) is 19.6 Å². The van der Waals surface area contributed by atoms with Gasteiger partial charge < -0.3 is 24.6 Å². The highest BCUT2D eigenvalue weighted by molar-refractivity contribution is 5.95. The standard InChI is InChI=1S/C26H28FN3O6/c1-2-34-22-14-20(21(27)15-23(22)35-13-12-31)24(26(32)36-16-17-6-4-3-5-7-17)29-19-10-8-18(9-11-19)25(28)30-33/h3-11,14-15,24,29,31,33H,2,12-13,16H2,1H3,(H2,28,30). The third-order valence-corrected chi connectivity index (χ3v) is 5.08. The van der Waals surface area contributed by atoms with Gasteiger partial charge >= 0.3 is 5.97 Å². The van der Waals surface area contributed by atoms with Gasteiger partial charge in [0.1, 0.15) is 24.9 Å². The van der Waals surface area contributed by atoms with Gasteiger partial charge in [0.05, 0.1) is 13.2 Å². The van der Waals surface area contributed by atoms with Gasteiger partial charge in [0.15, 0.2) is 17.5 Å². The number of hydroxylamine groups is 1. The number of esters is 1. The largest absolute Gasteiger partial charge is 0.490 e. The topological polar surface area (TPSA) is 133 Å². The molecule has 9 nitrogen and oxygen atoms in total. The van der Waals surface area contributed by atoms with Crippen molar-refractivity contribution in [3.8, 4) is 11.5 Å². The van der Waals surface area contributed by atoms with Crippen LogP contribution >= 0.6 is 0 Å². The highest BCUT2D eigenvalue weighted by Gasteiger charge is 2.28. The Morgan fingerprint density at radius 2 is 1.75 bits per heavy atom. The fourth-order valence-electron chi connectivity index (χ4n) is 3.35. The molecule has 3 rings (SSSR count). The van der Waals surface area contributed by atoms with Gasteiger partial charge in [0.2, 0.25) is 0 Å². The van der Waals surface area contributed by atoms with Gasteiger partial charge in [-0.2, -0.15) is 0 Å². The molecule has 3 aromatic rings. The number of anilines is 1. The number of benzene rings is 3. The summed E-state index contributed by atoms with van der Waals surface area (Å²) in [5, 5.41) is 28.6. The molecule has 0 fully saturated rings. The minimum Gasteiger partial charge on any atom is -0.490 e. The maximum Gasteiger partial charge on any atom is 0.333 e. The summed E-state index contributed by atoms with van der Waals surface area (Å²) in [4.78, 5) is 13.2. The molecule has 190 valence electrons. The van der Waals surface area contributed by atoms with E-state index in [9.17, 15) is 4.79 Å². The molecule has 0 radical (unpaired) electrons. The Kier molecular flexibility index (Phi) is 9.61. The van der Waals surface area contributed by atoms with Crippen LogP contribution in [-0.2, 0) is 16.1 Å². The normalized spacial score (nSPS) is 11.3. The molecule has 0 amide bonds. The lowest BCUT2D eigenvalue weighted by molar-refractivity contribution is -0.146. The zero-order chi connectivity index (χ0) is 25.9. The first kappa shape index (κ1) is 26.5. The minimum absolute atomic E-state index is 0.00620. The lowest BCUT2D eigenvalue weighted by atomic mass is 10.0. The molecule has 0 bridgehead atoms. The van der Waals surface area contributed by atoms with Gasteiger partial charge in [-0.3, -0.25) is 16.1 Å². The minimum atomic E-state index is -1.25. The van der Waals surface area contributed by atoms with E-state index in [1.807, 2.05) is 18.2 Å². The van der Waals surface area contributed by atoms with Crippen LogP contribution in [0, 0.1) is 11.2 Å². The van der Waals surface area contributed by atoms with Crippen LogP contribution in [0.5, 0.6) is 11.5 Å². The molecule has 0 aliphatic heterocycles. The molecule has 0 aromatic heterocycles. The molecule has 0 saturated carbocycles. The van der Waals surface area contributed by atoms with Crippen LogP contribution in [0.3, 0.4) is 0 Å². The van der Waals surface area contributed by atoms with E-state index in [2.05, 4.69) is 5.32 Å². The number of rotatable bonds is 12. The second-order valence-corrected chi connectivity index (χ2v) is 7.56. The Labute approximate surface area is 207 Å². The fraction of sp³-hybridized carbons (Fsp3) is 0.231. The van der Waals surface area contributed by atoms with E-state index in [1.165, 1.54) is 6.07 Å². The first-order valence-electron chi connectivity index (χ1n) is 11.2. The molecule has 0 spiro atoms. The van der Waals surface area contributed by atoms with Gasteiger partial charge in [-0.05, 0) is 42.8 Å². The van der Waals surface area contributed by atoms with E-state index in [-0.39, 0.29) is 49.3 Å². The van der Waals surface area contributed by atoms with Crippen molar-refractivity contribution in [3.05, 3.63) is 89.2 Å². The average Bonchev–Trinajstić information content (AvgIpc) is 2.91. The molecular formula is C26H28FN3O6. The summed E-state index contributed by atoms with van der Waals surface area (Å²) in [6.07, 6.45) is 0. The van der Waals surface area contributed by atoms with Crippen molar-refractivity contribution in [3.63, 3.8) is 0 Å². The summed E-state index contributed by atoms with van der Waals surface area (Å²) < 4.78 is 31.7. The predicted octanol–water partition coefficient (Wildman–Crippen LogP) is 3.80. The van der Waals surface area contributed by atoms with Crippen LogP contribution < -0.4 is 20.3 Å². The highest BCUT2D eigenvalue weighted by Crippen LogP contribution is 2.35. The lowest BCUT2D eigenvalue weighted by Crippen LogP contribution is -2.25. The smallest absolute Gasteiger partial charge is 0.333 e. The number of aliphatic hydroxyl groups excluding tert-OH is 1. The van der Waals surface area contributed by atoms with E-state index in [0.717, 1.165) is 11.6 Å². The van der Waals surface area contributed by atoms with Gasteiger partial charge in [-0.15, -0.1) is 0 Å². The van der Waals surface area contributed by atoms with Gasteiger partial charge in [-0.1, -0.05) is 30.3 Å². The van der Waals surface area contributed by atoms with Gasteiger partial charge in [-0.25, -0.2) is 9.18 Å². The Morgan fingerprint density at radius 3 is 2.39 bits per heavy atom. The Hall–Kier alpha value is -4.15. The Balaban J connectivity index is 1.94. The van der Waals surface area contributed by atoms with E-state index >= 15 is 4.39 Å². The zero-order valence-corrected chi connectivity index (χ0v) is 19.7. The van der Waals surface area contributed by atoms with Crippen molar-refractivity contribution < 1.29 is 33.7 Å². The molecule has 3 aromatic carbocycles. The third-order valence-electron chi connectivity index (χ3n) is 5.08. The van der Waals surface area contributed by atoms with E-state index in [0.29, 0.717) is 11.3 Å². The van der Waals surface area contributed by atoms with Crippen LogP contribution in [-0.4, -0.2) is 41.9 Å². The molecule has 0 aliphatic carbocycles. The maximum absolute atomic E-state index is 15.3. The summed E-state index contributed by atoms with van der Waals surface area (Å²) in [5.41, 5.74) is 3.36. The van der Waals surface area contributed by atoms with E-state index in [1.54, 1.807) is 48.8 Å². The number of amidine groups is 1. The van der Waals surface area contributed by atoms with Crippen molar-refractivity contribution in [2.75, 3.05) is 25.1 Å². The van der Waals surface area contributed by atoms with Crippen molar-refractivity contribution in [1.29, 1.82) is 5.41 Å². The second kappa shape index (κ2) is 13.1. The average molecular weight is 498 g/mol. The lowest BCUT2D eigenvalue weighted by Gasteiger charge is -2.22. The van der Waals surface area contributed by atoms with Crippen LogP contribution in [0.4, 0.5) is 10.1 Å². The number of ether oxygens (including phenoxy) is 3. The van der Waals surface area contributed by atoms with Gasteiger partial charge in [0.25, 0.3) is 0 Å². The van der Waals surface area contributed by atoms with Crippen LogP contribution in [0.15, 0.2) is 66.7 Å². The molecule has 1 unspecified atom stereocenters. The summed E-state index contributed by atoms with van der Waals surface area (Å²) in [6.45, 7) is 1.70. The van der Waals surface area contributed by atoms with Crippen LogP contribution in [0.1, 0.15) is 29.7 Å². The monoisotopic (exact) mass is 497 g/mol. The van der Waals surface area contributed by atoms with Crippen molar-refractivity contribution >= 4 is 17.5 Å². The molecule has 5 N–H and O–H groups in total. The molecule has 0 aliphatic rings. The summed E-state index contributed by atoms with van der Waals surface area (Å²) in [5.74, 6) is -1.35. The molecule has 1 atom stereocenters. The molecule has 36 heavy (non-hydrogen) atoms. The number of nitrogens with one attached hydrogen (secondary N) is 3. The van der Waals surface area contributed by atoms with Crippen molar-refractivity contribution in [1.82, 2.24) is 5.48 Å². The third kappa shape index (κ3) is 6.94. The summed E-state index contributed by atoms with van der Waals surface area (Å²) >= 11 is 0. The van der Waals surface area contributed by atoms with Crippen molar-refractivity contribution in [2.24, 2.45) is 0 Å². The first-order valence-corrected chi connectivity index (χ1v) is 11.2. The van der Waals surface area contributed by atoms with E-state index in [4.69, 9.17) is 29.9 Å². The maximum atomic E-state index is 15.3. The quantitative estimate of drug-likeness (QED) is 0.110. The number of hydrogen-bond acceptors (Lipinski definition) is 8. The first-order chi connectivity index (χ1) is 17.5. The number of carbonyl (C=O) groups is 1. The molecule has 0 heterocycles. The fourth-order valence-corrected chi connectivity index (χ4v) is 3.35.